The first-order valence-electron chi connectivity index (χ1n) is 8.56. The van der Waals surface area contributed by atoms with Gasteiger partial charge in [-0.15, -0.1) is 10.2 Å². The minimum atomic E-state index is 0.204. The Hall–Kier alpha value is -2.17. The van der Waals surface area contributed by atoms with Crippen LogP contribution in [-0.2, 0) is 11.2 Å². The molecule has 0 bridgehead atoms. The van der Waals surface area contributed by atoms with Gasteiger partial charge in [0.25, 0.3) is 0 Å². The molecule has 0 radical (unpaired) electrons. The van der Waals surface area contributed by atoms with Gasteiger partial charge in [-0.05, 0) is 50.2 Å². The summed E-state index contributed by atoms with van der Waals surface area (Å²) in [5.41, 5.74) is 2.21. The van der Waals surface area contributed by atoms with Crippen LogP contribution in [0.2, 0.25) is 0 Å². The van der Waals surface area contributed by atoms with E-state index < -0.39 is 0 Å². The second-order valence-corrected chi connectivity index (χ2v) is 6.70. The van der Waals surface area contributed by atoms with E-state index in [0.717, 1.165) is 56.7 Å². The smallest absolute Gasteiger partial charge is 0.246 e. The summed E-state index contributed by atoms with van der Waals surface area (Å²) in [5, 5.41) is 8.55. The number of likely N-dealkylation sites (tertiary alicyclic amines) is 1. The topological polar surface area (TPSA) is 50.5 Å². The molecule has 5 heteroatoms. The number of rotatable bonds is 3. The molecule has 5 nitrogen and oxygen atoms in total. The van der Waals surface area contributed by atoms with Crippen molar-refractivity contribution in [2.75, 3.05) is 13.1 Å². The van der Waals surface area contributed by atoms with Crippen molar-refractivity contribution in [2.24, 2.45) is 5.92 Å². The number of carbonyl (C=O) groups excluding carboxylic acids is 1. The number of aromatic nitrogens is 3. The summed E-state index contributed by atoms with van der Waals surface area (Å²) in [6, 6.07) is 5.95. The zero-order valence-electron chi connectivity index (χ0n) is 13.3. The molecule has 4 rings (SSSR count). The van der Waals surface area contributed by atoms with Crippen LogP contribution in [0, 0.1) is 5.92 Å². The maximum atomic E-state index is 12.4. The van der Waals surface area contributed by atoms with Gasteiger partial charge in [0, 0.05) is 31.8 Å². The largest absolute Gasteiger partial charge is 0.339 e. The summed E-state index contributed by atoms with van der Waals surface area (Å²) >= 11 is 0. The number of allylic oxidation sites excluding steroid dienone is 1. The lowest BCUT2D eigenvalue weighted by atomic mass is 9.91. The molecule has 2 aromatic rings. The van der Waals surface area contributed by atoms with Gasteiger partial charge in [-0.2, -0.15) is 0 Å². The van der Waals surface area contributed by atoms with Gasteiger partial charge in [-0.25, -0.2) is 0 Å². The van der Waals surface area contributed by atoms with Gasteiger partial charge < -0.3 is 4.90 Å². The molecule has 0 spiro atoms. The molecule has 1 aliphatic heterocycles. The van der Waals surface area contributed by atoms with E-state index in [1.54, 1.807) is 0 Å². The molecule has 1 atom stereocenters. The first kappa shape index (κ1) is 14.4. The minimum absolute atomic E-state index is 0.204. The molecule has 1 unspecified atom stereocenters. The summed E-state index contributed by atoms with van der Waals surface area (Å²) in [4.78, 5) is 14.4. The molecule has 23 heavy (non-hydrogen) atoms. The molecular weight excluding hydrogens is 288 g/mol. The molecule has 0 aromatic carbocycles. The Morgan fingerprint density at radius 3 is 3.00 bits per heavy atom. The van der Waals surface area contributed by atoms with Crippen molar-refractivity contribution in [3.63, 3.8) is 0 Å². The standard InChI is InChI=1S/C18H22N4O/c23-18(12-14-5-3-6-14)21-9-4-7-15(13-21)11-17-20-19-16-8-1-2-10-22(16)17/h1-2,8,10,12,15H,3-7,9,11,13H2. The number of hydrogen-bond acceptors (Lipinski definition) is 3. The van der Waals surface area contributed by atoms with Crippen molar-refractivity contribution in [1.29, 1.82) is 0 Å². The zero-order chi connectivity index (χ0) is 15.6. The predicted octanol–water partition coefficient (Wildman–Crippen LogP) is 2.62. The molecule has 1 saturated heterocycles. The van der Waals surface area contributed by atoms with E-state index >= 15 is 0 Å². The SMILES string of the molecule is O=C(C=C1CCC1)N1CCCC(Cc2nnc3ccccn23)C1. The monoisotopic (exact) mass is 310 g/mol. The van der Waals surface area contributed by atoms with Crippen molar-refractivity contribution < 1.29 is 4.79 Å². The lowest BCUT2D eigenvalue weighted by molar-refractivity contribution is -0.127. The third-order valence-electron chi connectivity index (χ3n) is 5.01. The summed E-state index contributed by atoms with van der Waals surface area (Å²) in [6.07, 6.45) is 10.4. The van der Waals surface area contributed by atoms with E-state index in [0.29, 0.717) is 5.92 Å². The molecule has 3 heterocycles. The Morgan fingerprint density at radius 2 is 2.17 bits per heavy atom. The highest BCUT2D eigenvalue weighted by Crippen LogP contribution is 2.26. The molecule has 2 aromatic heterocycles. The maximum absolute atomic E-state index is 12.4. The van der Waals surface area contributed by atoms with Crippen LogP contribution in [0.1, 0.15) is 37.9 Å². The fraction of sp³-hybridized carbons (Fsp3) is 0.500. The van der Waals surface area contributed by atoms with Crippen molar-refractivity contribution in [3.8, 4) is 0 Å². The summed E-state index contributed by atoms with van der Waals surface area (Å²) < 4.78 is 2.05. The Bertz CT molecular complexity index is 742. The number of piperidine rings is 1. The second-order valence-electron chi connectivity index (χ2n) is 6.70. The minimum Gasteiger partial charge on any atom is -0.339 e. The maximum Gasteiger partial charge on any atom is 0.246 e. The summed E-state index contributed by atoms with van der Waals surface area (Å²) in [7, 11) is 0. The predicted molar refractivity (Wildman–Crippen MR) is 87.9 cm³/mol. The normalized spacial score (nSPS) is 21.3. The van der Waals surface area contributed by atoms with Crippen molar-refractivity contribution >= 4 is 11.6 Å². The van der Waals surface area contributed by atoms with Gasteiger partial charge in [0.1, 0.15) is 5.82 Å². The average Bonchev–Trinajstić information content (AvgIpc) is 2.94. The first-order valence-corrected chi connectivity index (χ1v) is 8.56. The van der Waals surface area contributed by atoms with Crippen LogP contribution in [0.15, 0.2) is 36.0 Å². The lowest BCUT2D eigenvalue weighted by Crippen LogP contribution is -2.40. The fourth-order valence-electron chi connectivity index (χ4n) is 3.51. The van der Waals surface area contributed by atoms with E-state index in [1.165, 1.54) is 12.0 Å². The van der Waals surface area contributed by atoms with Gasteiger partial charge in [0.2, 0.25) is 5.91 Å². The van der Waals surface area contributed by atoms with E-state index in [-0.39, 0.29) is 5.91 Å². The second kappa shape index (κ2) is 6.14. The first-order chi connectivity index (χ1) is 11.3. The van der Waals surface area contributed by atoms with Crippen LogP contribution in [0.3, 0.4) is 0 Å². The van der Waals surface area contributed by atoms with Crippen molar-refractivity contribution in [2.45, 2.75) is 38.5 Å². The number of hydrogen-bond donors (Lipinski definition) is 0. The molecule has 120 valence electrons. The lowest BCUT2D eigenvalue weighted by Gasteiger charge is -2.32. The van der Waals surface area contributed by atoms with E-state index in [1.807, 2.05) is 35.4 Å². The Kier molecular flexibility index (Phi) is 3.85. The van der Waals surface area contributed by atoms with Crippen molar-refractivity contribution in [3.05, 3.63) is 41.9 Å². The Labute approximate surface area is 136 Å². The van der Waals surface area contributed by atoms with Crippen LogP contribution < -0.4 is 0 Å². The number of fused-ring (bicyclic) bond motifs is 1. The van der Waals surface area contributed by atoms with Gasteiger partial charge in [-0.1, -0.05) is 11.6 Å². The van der Waals surface area contributed by atoms with Gasteiger partial charge >= 0.3 is 0 Å². The molecule has 1 saturated carbocycles. The van der Waals surface area contributed by atoms with E-state index in [4.69, 9.17) is 0 Å². The summed E-state index contributed by atoms with van der Waals surface area (Å²) in [5.74, 6) is 1.67. The van der Waals surface area contributed by atoms with Crippen LogP contribution in [0.4, 0.5) is 0 Å². The van der Waals surface area contributed by atoms with E-state index in [9.17, 15) is 4.79 Å². The molecular formula is C18H22N4O. The van der Waals surface area contributed by atoms with Crippen molar-refractivity contribution in [1.82, 2.24) is 19.5 Å². The summed E-state index contributed by atoms with van der Waals surface area (Å²) in [6.45, 7) is 1.73. The fourth-order valence-corrected chi connectivity index (χ4v) is 3.51. The molecule has 2 aliphatic rings. The molecule has 0 N–H and O–H groups in total. The molecule has 1 aliphatic carbocycles. The van der Waals surface area contributed by atoms with Crippen LogP contribution in [-0.4, -0.2) is 38.5 Å². The third-order valence-corrected chi connectivity index (χ3v) is 5.01. The Balaban J connectivity index is 1.44. The van der Waals surface area contributed by atoms with Crippen LogP contribution in [0.25, 0.3) is 5.65 Å². The van der Waals surface area contributed by atoms with E-state index in [2.05, 4.69) is 14.6 Å². The molecule has 2 fully saturated rings. The Morgan fingerprint density at radius 1 is 1.26 bits per heavy atom. The third kappa shape index (κ3) is 3.00. The zero-order valence-corrected chi connectivity index (χ0v) is 13.3. The van der Waals surface area contributed by atoms with Gasteiger partial charge in [0.15, 0.2) is 5.65 Å². The number of carbonyl (C=O) groups is 1. The quantitative estimate of drug-likeness (QED) is 0.819. The van der Waals surface area contributed by atoms with Gasteiger partial charge in [-0.3, -0.25) is 9.20 Å². The highest BCUT2D eigenvalue weighted by atomic mass is 16.2. The highest BCUT2D eigenvalue weighted by Gasteiger charge is 2.25. The van der Waals surface area contributed by atoms with Crippen LogP contribution in [0.5, 0.6) is 0 Å². The average molecular weight is 310 g/mol. The number of nitrogens with zero attached hydrogens (tertiary/aromatic N) is 4. The highest BCUT2D eigenvalue weighted by molar-refractivity contribution is 5.88. The molecule has 1 amide bonds. The number of pyridine rings is 1. The number of amides is 1. The van der Waals surface area contributed by atoms with Gasteiger partial charge in [0.05, 0.1) is 0 Å². The van der Waals surface area contributed by atoms with Crippen LogP contribution >= 0.6 is 0 Å².